The van der Waals surface area contributed by atoms with Gasteiger partial charge in [0.25, 0.3) is 0 Å². The maximum atomic E-state index is 12.4. The van der Waals surface area contributed by atoms with Crippen molar-refractivity contribution < 1.29 is 9.53 Å². The minimum absolute atomic E-state index is 0.155. The first-order chi connectivity index (χ1) is 13.2. The molecule has 2 N–H and O–H groups in total. The average Bonchev–Trinajstić information content (AvgIpc) is 2.73. The van der Waals surface area contributed by atoms with Gasteiger partial charge in [0.1, 0.15) is 0 Å². The molecule has 9 heteroatoms. The minimum Gasteiger partial charge on any atom is -0.382 e. The second-order valence-corrected chi connectivity index (χ2v) is 6.14. The molecule has 0 saturated carbocycles. The van der Waals surface area contributed by atoms with Crippen LogP contribution in [0.5, 0.6) is 0 Å². The number of ether oxygens (including phenoxy) is 1. The molecule has 1 aliphatic rings. The lowest BCUT2D eigenvalue weighted by Gasteiger charge is -2.34. The SMILES string of the molecule is CCOCCCNC(=NC)NCCC(=O)N1CCN(c2ncccn2)CC1. The van der Waals surface area contributed by atoms with E-state index in [0.29, 0.717) is 32.0 Å². The lowest BCUT2D eigenvalue weighted by Crippen LogP contribution is -2.50. The summed E-state index contributed by atoms with van der Waals surface area (Å²) in [5.41, 5.74) is 0. The highest BCUT2D eigenvalue weighted by molar-refractivity contribution is 5.81. The van der Waals surface area contributed by atoms with E-state index in [4.69, 9.17) is 4.74 Å². The summed E-state index contributed by atoms with van der Waals surface area (Å²) < 4.78 is 5.30. The van der Waals surface area contributed by atoms with Gasteiger partial charge >= 0.3 is 0 Å². The van der Waals surface area contributed by atoms with Gasteiger partial charge in [-0.3, -0.25) is 9.79 Å². The zero-order valence-corrected chi connectivity index (χ0v) is 16.4. The first-order valence-corrected chi connectivity index (χ1v) is 9.56. The van der Waals surface area contributed by atoms with Gasteiger partial charge in [0.05, 0.1) is 0 Å². The van der Waals surface area contributed by atoms with Crippen molar-refractivity contribution in [3.8, 4) is 0 Å². The molecule has 150 valence electrons. The van der Waals surface area contributed by atoms with Crippen LogP contribution in [-0.2, 0) is 9.53 Å². The number of nitrogens with zero attached hydrogens (tertiary/aromatic N) is 5. The molecule has 1 aliphatic heterocycles. The van der Waals surface area contributed by atoms with Crippen molar-refractivity contribution in [3.05, 3.63) is 18.5 Å². The Balaban J connectivity index is 1.61. The van der Waals surface area contributed by atoms with Gasteiger partial charge in [-0.1, -0.05) is 0 Å². The van der Waals surface area contributed by atoms with Crippen molar-refractivity contribution in [1.29, 1.82) is 0 Å². The molecule has 1 saturated heterocycles. The quantitative estimate of drug-likeness (QED) is 0.358. The Bertz CT molecular complexity index is 574. The third-order valence-corrected chi connectivity index (χ3v) is 4.28. The van der Waals surface area contributed by atoms with Crippen LogP contribution in [0.2, 0.25) is 0 Å². The Labute approximate surface area is 161 Å². The van der Waals surface area contributed by atoms with E-state index in [-0.39, 0.29) is 5.91 Å². The fourth-order valence-electron chi connectivity index (χ4n) is 2.80. The van der Waals surface area contributed by atoms with Gasteiger partial charge in [-0.05, 0) is 19.4 Å². The van der Waals surface area contributed by atoms with Crippen LogP contribution in [0.25, 0.3) is 0 Å². The fraction of sp³-hybridized carbons (Fsp3) is 0.667. The molecule has 2 rings (SSSR count). The summed E-state index contributed by atoms with van der Waals surface area (Å²) in [5, 5.41) is 6.40. The van der Waals surface area contributed by atoms with E-state index in [9.17, 15) is 4.79 Å². The topological polar surface area (TPSA) is 95.0 Å². The van der Waals surface area contributed by atoms with E-state index in [0.717, 1.165) is 45.2 Å². The second-order valence-electron chi connectivity index (χ2n) is 6.14. The first kappa shape index (κ1) is 20.9. The van der Waals surface area contributed by atoms with Crippen molar-refractivity contribution in [3.63, 3.8) is 0 Å². The lowest BCUT2D eigenvalue weighted by atomic mass is 10.3. The molecule has 0 aliphatic carbocycles. The smallest absolute Gasteiger partial charge is 0.225 e. The summed E-state index contributed by atoms with van der Waals surface area (Å²) in [6.45, 7) is 7.71. The maximum absolute atomic E-state index is 12.4. The van der Waals surface area contributed by atoms with Crippen LogP contribution < -0.4 is 15.5 Å². The van der Waals surface area contributed by atoms with Gasteiger partial charge in [-0.15, -0.1) is 0 Å². The predicted octanol–water partition coefficient (Wildman–Crippen LogP) is 0.107. The molecule has 0 spiro atoms. The van der Waals surface area contributed by atoms with Gasteiger partial charge in [-0.25, -0.2) is 9.97 Å². The normalized spacial score (nSPS) is 15.0. The molecule has 1 aromatic heterocycles. The van der Waals surface area contributed by atoms with E-state index in [2.05, 4.69) is 30.5 Å². The summed E-state index contributed by atoms with van der Waals surface area (Å²) in [7, 11) is 1.73. The molecule has 0 unspecified atom stereocenters. The number of rotatable bonds is 9. The Morgan fingerprint density at radius 3 is 2.56 bits per heavy atom. The number of anilines is 1. The highest BCUT2D eigenvalue weighted by Crippen LogP contribution is 2.10. The molecular weight excluding hydrogens is 346 g/mol. The average molecular weight is 377 g/mol. The van der Waals surface area contributed by atoms with Crippen molar-refractivity contribution >= 4 is 17.8 Å². The Kier molecular flexibility index (Phi) is 9.33. The number of hydrogen-bond acceptors (Lipinski definition) is 6. The molecule has 1 amide bonds. The molecule has 0 radical (unpaired) electrons. The van der Waals surface area contributed by atoms with Crippen molar-refractivity contribution in [2.24, 2.45) is 4.99 Å². The maximum Gasteiger partial charge on any atom is 0.225 e. The summed E-state index contributed by atoms with van der Waals surface area (Å²) >= 11 is 0. The summed E-state index contributed by atoms with van der Waals surface area (Å²) in [6.07, 6.45) is 4.84. The van der Waals surface area contributed by atoms with Crippen LogP contribution in [0.15, 0.2) is 23.5 Å². The molecule has 27 heavy (non-hydrogen) atoms. The van der Waals surface area contributed by atoms with Gasteiger partial charge in [0, 0.05) is 78.3 Å². The Morgan fingerprint density at radius 2 is 1.89 bits per heavy atom. The van der Waals surface area contributed by atoms with Crippen LogP contribution in [0.3, 0.4) is 0 Å². The lowest BCUT2D eigenvalue weighted by molar-refractivity contribution is -0.131. The number of carbonyl (C=O) groups is 1. The van der Waals surface area contributed by atoms with Gasteiger partial charge in [0.2, 0.25) is 11.9 Å². The van der Waals surface area contributed by atoms with E-state index in [1.807, 2.05) is 11.8 Å². The molecule has 0 atom stereocenters. The highest BCUT2D eigenvalue weighted by Gasteiger charge is 2.22. The Hall–Kier alpha value is -2.42. The Morgan fingerprint density at radius 1 is 1.19 bits per heavy atom. The van der Waals surface area contributed by atoms with E-state index in [1.165, 1.54) is 0 Å². The number of guanidine groups is 1. The zero-order chi connectivity index (χ0) is 19.3. The monoisotopic (exact) mass is 377 g/mol. The number of amides is 1. The van der Waals surface area contributed by atoms with E-state index in [1.54, 1.807) is 25.5 Å². The van der Waals surface area contributed by atoms with Crippen molar-refractivity contribution in [2.75, 3.05) is 64.4 Å². The number of hydrogen-bond donors (Lipinski definition) is 2. The van der Waals surface area contributed by atoms with E-state index >= 15 is 0 Å². The molecule has 0 aromatic carbocycles. The molecular formula is C18H31N7O2. The van der Waals surface area contributed by atoms with Crippen LogP contribution in [0, 0.1) is 0 Å². The molecule has 2 heterocycles. The minimum atomic E-state index is 0.155. The van der Waals surface area contributed by atoms with Gasteiger partial charge in [-0.2, -0.15) is 0 Å². The molecule has 0 bridgehead atoms. The summed E-state index contributed by atoms with van der Waals surface area (Å²) in [5.74, 6) is 1.60. The third-order valence-electron chi connectivity index (χ3n) is 4.28. The zero-order valence-electron chi connectivity index (χ0n) is 16.4. The largest absolute Gasteiger partial charge is 0.382 e. The van der Waals surface area contributed by atoms with Crippen LogP contribution in [-0.4, -0.2) is 86.3 Å². The number of nitrogens with one attached hydrogen (secondary N) is 2. The van der Waals surface area contributed by atoms with Gasteiger partial charge < -0.3 is 25.2 Å². The van der Waals surface area contributed by atoms with Crippen LogP contribution in [0.4, 0.5) is 5.95 Å². The van der Waals surface area contributed by atoms with Crippen molar-refractivity contribution in [1.82, 2.24) is 25.5 Å². The van der Waals surface area contributed by atoms with Crippen LogP contribution >= 0.6 is 0 Å². The number of carbonyl (C=O) groups excluding carboxylic acids is 1. The summed E-state index contributed by atoms with van der Waals surface area (Å²) in [6, 6.07) is 1.80. The van der Waals surface area contributed by atoms with E-state index < -0.39 is 0 Å². The number of aromatic nitrogens is 2. The van der Waals surface area contributed by atoms with Crippen molar-refractivity contribution in [2.45, 2.75) is 19.8 Å². The standard InChI is InChI=1S/C18H31N7O2/c1-3-27-15-5-9-20-17(19-2)21-10-6-16(26)24-11-13-25(14-12-24)18-22-7-4-8-23-18/h4,7-8H,3,5-6,9-15H2,1-2H3,(H2,19,20,21). The van der Waals surface area contributed by atoms with Gasteiger partial charge in [0.15, 0.2) is 5.96 Å². The first-order valence-electron chi connectivity index (χ1n) is 9.56. The fourth-order valence-corrected chi connectivity index (χ4v) is 2.80. The predicted molar refractivity (Wildman–Crippen MR) is 106 cm³/mol. The number of piperazine rings is 1. The summed E-state index contributed by atoms with van der Waals surface area (Å²) in [4.78, 5) is 29.1. The number of aliphatic imine (C=N–C) groups is 1. The molecule has 9 nitrogen and oxygen atoms in total. The highest BCUT2D eigenvalue weighted by atomic mass is 16.5. The second kappa shape index (κ2) is 12.1. The molecule has 1 aromatic rings. The third kappa shape index (κ3) is 7.38. The molecule has 1 fully saturated rings. The van der Waals surface area contributed by atoms with Crippen LogP contribution in [0.1, 0.15) is 19.8 Å².